The molecule has 0 spiro atoms. The van der Waals surface area contributed by atoms with Gasteiger partial charge in [0.15, 0.2) is 0 Å². The number of likely N-dealkylation sites (N-methyl/N-ethyl adjacent to an activating group) is 1. The highest BCUT2D eigenvalue weighted by molar-refractivity contribution is 5.68. The zero-order chi connectivity index (χ0) is 22.3. The molecule has 1 N–H and O–H groups in total. The third kappa shape index (κ3) is 5.38. The average molecular weight is 435 g/mol. The molecule has 0 radical (unpaired) electrons. The first-order valence-corrected chi connectivity index (χ1v) is 11.6. The van der Waals surface area contributed by atoms with Crippen LogP contribution in [0.25, 0.3) is 11.3 Å². The van der Waals surface area contributed by atoms with Crippen LogP contribution in [0.2, 0.25) is 0 Å². The van der Waals surface area contributed by atoms with Crippen molar-refractivity contribution in [3.05, 3.63) is 71.8 Å². The van der Waals surface area contributed by atoms with Gasteiger partial charge in [0.05, 0.1) is 11.7 Å². The van der Waals surface area contributed by atoms with Gasteiger partial charge < -0.3 is 19.4 Å². The molecule has 1 aliphatic rings. The second-order valence-electron chi connectivity index (χ2n) is 8.63. The third-order valence-electron chi connectivity index (χ3n) is 6.14. The number of anilines is 1. The molecule has 1 saturated heterocycles. The largest absolute Gasteiger partial charge is 0.387 e. The molecule has 0 bridgehead atoms. The summed E-state index contributed by atoms with van der Waals surface area (Å²) in [5.41, 5.74) is 4.01. The van der Waals surface area contributed by atoms with Gasteiger partial charge in [0.25, 0.3) is 0 Å². The Labute approximate surface area is 191 Å². The molecule has 0 amide bonds. The number of hydrogen-bond acceptors (Lipinski definition) is 6. The summed E-state index contributed by atoms with van der Waals surface area (Å²) in [5, 5.41) is 15.4. The maximum absolute atomic E-state index is 10.9. The van der Waals surface area contributed by atoms with Crippen molar-refractivity contribution in [3.63, 3.8) is 0 Å². The lowest BCUT2D eigenvalue weighted by molar-refractivity contribution is 0.109. The van der Waals surface area contributed by atoms with E-state index in [2.05, 4.69) is 46.0 Å². The fraction of sp³-hybridized carbons (Fsp3) is 0.423. The number of nitrogens with zero attached hydrogens (tertiary/aromatic N) is 4. The van der Waals surface area contributed by atoms with Gasteiger partial charge in [0.1, 0.15) is 5.69 Å². The number of piperazine rings is 1. The minimum atomic E-state index is -0.533. The van der Waals surface area contributed by atoms with E-state index in [-0.39, 0.29) is 0 Å². The first kappa shape index (κ1) is 22.5. The molecule has 0 saturated carbocycles. The van der Waals surface area contributed by atoms with E-state index in [1.165, 1.54) is 0 Å². The van der Waals surface area contributed by atoms with Crippen LogP contribution in [0, 0.1) is 0 Å². The minimum absolute atomic E-state index is 0.533. The Morgan fingerprint density at radius 1 is 1.00 bits per heavy atom. The van der Waals surface area contributed by atoms with E-state index in [4.69, 9.17) is 4.52 Å². The molecule has 4 rings (SSSR count). The van der Waals surface area contributed by atoms with E-state index in [0.29, 0.717) is 13.1 Å². The fourth-order valence-electron chi connectivity index (χ4n) is 4.32. The van der Waals surface area contributed by atoms with Crippen LogP contribution in [0.15, 0.2) is 65.2 Å². The minimum Gasteiger partial charge on any atom is -0.387 e. The molecule has 6 heteroatoms. The maximum Gasteiger partial charge on any atom is 0.232 e. The SMILES string of the molecule is CCCN(Cc1c(-c2ccccc2)noc1N1CCN(C)CC1)CC(O)c1ccccc1. The normalized spacial score (nSPS) is 15.9. The molecule has 1 aromatic heterocycles. The van der Waals surface area contributed by atoms with Gasteiger partial charge in [0, 0.05) is 44.8 Å². The second kappa shape index (κ2) is 10.8. The standard InChI is InChI=1S/C26H34N4O2/c1-3-14-29(20-24(31)21-10-6-4-7-11-21)19-23-25(22-12-8-5-9-13-22)27-32-26(23)30-17-15-28(2)16-18-30/h4-13,24,31H,3,14-20H2,1-2H3. The fourth-order valence-corrected chi connectivity index (χ4v) is 4.32. The van der Waals surface area contributed by atoms with Crippen LogP contribution in [0.1, 0.15) is 30.6 Å². The quantitative estimate of drug-likeness (QED) is 0.549. The maximum atomic E-state index is 10.9. The van der Waals surface area contributed by atoms with E-state index in [1.54, 1.807) is 0 Å². The van der Waals surface area contributed by atoms with Crippen molar-refractivity contribution in [2.45, 2.75) is 26.0 Å². The van der Waals surface area contributed by atoms with Crippen molar-refractivity contribution in [3.8, 4) is 11.3 Å². The zero-order valence-electron chi connectivity index (χ0n) is 19.2. The van der Waals surface area contributed by atoms with Crippen molar-refractivity contribution in [1.29, 1.82) is 0 Å². The topological polar surface area (TPSA) is 56.0 Å². The summed E-state index contributed by atoms with van der Waals surface area (Å²) in [4.78, 5) is 6.97. The van der Waals surface area contributed by atoms with Crippen molar-refractivity contribution in [2.24, 2.45) is 0 Å². The molecule has 2 heterocycles. The van der Waals surface area contributed by atoms with E-state index >= 15 is 0 Å². The van der Waals surface area contributed by atoms with Gasteiger partial charge in [-0.05, 0) is 25.6 Å². The summed E-state index contributed by atoms with van der Waals surface area (Å²) < 4.78 is 5.96. The first-order valence-electron chi connectivity index (χ1n) is 11.6. The van der Waals surface area contributed by atoms with E-state index in [1.807, 2.05) is 48.5 Å². The Morgan fingerprint density at radius 3 is 2.31 bits per heavy atom. The summed E-state index contributed by atoms with van der Waals surface area (Å²) in [5.74, 6) is 0.868. The van der Waals surface area contributed by atoms with Gasteiger partial charge in [-0.15, -0.1) is 0 Å². The van der Waals surface area contributed by atoms with Crippen molar-refractivity contribution >= 4 is 5.88 Å². The smallest absolute Gasteiger partial charge is 0.232 e. The Morgan fingerprint density at radius 2 is 1.66 bits per heavy atom. The lowest BCUT2D eigenvalue weighted by Gasteiger charge is -2.33. The van der Waals surface area contributed by atoms with Gasteiger partial charge in [0.2, 0.25) is 5.88 Å². The van der Waals surface area contributed by atoms with Gasteiger partial charge in [-0.25, -0.2) is 0 Å². The van der Waals surface area contributed by atoms with Gasteiger partial charge in [-0.2, -0.15) is 0 Å². The third-order valence-corrected chi connectivity index (χ3v) is 6.14. The lowest BCUT2D eigenvalue weighted by atomic mass is 10.1. The predicted octanol–water partition coefficient (Wildman–Crippen LogP) is 4.04. The van der Waals surface area contributed by atoms with Crippen LogP contribution >= 0.6 is 0 Å². The van der Waals surface area contributed by atoms with Crippen LogP contribution in [-0.2, 0) is 6.54 Å². The van der Waals surface area contributed by atoms with Gasteiger partial charge in [-0.1, -0.05) is 72.7 Å². The molecule has 6 nitrogen and oxygen atoms in total. The summed E-state index contributed by atoms with van der Waals surface area (Å²) >= 11 is 0. The van der Waals surface area contributed by atoms with Crippen molar-refractivity contribution < 1.29 is 9.63 Å². The molecule has 1 aliphatic heterocycles. The number of rotatable bonds is 9. The Balaban J connectivity index is 1.62. The number of aliphatic hydroxyl groups is 1. The van der Waals surface area contributed by atoms with E-state index in [9.17, 15) is 5.11 Å². The molecule has 2 aromatic carbocycles. The highest BCUT2D eigenvalue weighted by Crippen LogP contribution is 2.33. The molecule has 3 aromatic rings. The number of aliphatic hydroxyl groups excluding tert-OH is 1. The average Bonchev–Trinajstić information content (AvgIpc) is 3.24. The van der Waals surface area contributed by atoms with E-state index in [0.717, 1.165) is 67.4 Å². The zero-order valence-corrected chi connectivity index (χ0v) is 19.2. The Bertz CT molecular complexity index is 952. The number of aromatic nitrogens is 1. The first-order chi connectivity index (χ1) is 15.7. The summed E-state index contributed by atoms with van der Waals surface area (Å²) in [6.07, 6.45) is 0.479. The Hall–Kier alpha value is -2.67. The molecule has 1 fully saturated rings. The summed E-state index contributed by atoms with van der Waals surface area (Å²) in [6.45, 7) is 8.19. The molecule has 1 atom stereocenters. The molecular weight excluding hydrogens is 400 g/mol. The van der Waals surface area contributed by atoms with Crippen LogP contribution < -0.4 is 4.90 Å². The summed E-state index contributed by atoms with van der Waals surface area (Å²) in [7, 11) is 2.15. The monoisotopic (exact) mass is 434 g/mol. The molecule has 0 aliphatic carbocycles. The van der Waals surface area contributed by atoms with Gasteiger partial charge >= 0.3 is 0 Å². The number of hydrogen-bond donors (Lipinski definition) is 1. The highest BCUT2D eigenvalue weighted by Gasteiger charge is 2.27. The molecule has 1 unspecified atom stereocenters. The van der Waals surface area contributed by atoms with Crippen LogP contribution in [-0.4, -0.2) is 66.4 Å². The van der Waals surface area contributed by atoms with Crippen molar-refractivity contribution in [1.82, 2.24) is 15.0 Å². The molecular formula is C26H34N4O2. The predicted molar refractivity (Wildman–Crippen MR) is 129 cm³/mol. The van der Waals surface area contributed by atoms with Crippen LogP contribution in [0.3, 0.4) is 0 Å². The molecule has 170 valence electrons. The summed E-state index contributed by atoms with van der Waals surface area (Å²) in [6, 6.07) is 20.1. The van der Waals surface area contributed by atoms with Crippen LogP contribution in [0.5, 0.6) is 0 Å². The lowest BCUT2D eigenvalue weighted by Crippen LogP contribution is -2.44. The van der Waals surface area contributed by atoms with Crippen LogP contribution in [0.4, 0.5) is 5.88 Å². The van der Waals surface area contributed by atoms with Crippen molar-refractivity contribution in [2.75, 3.05) is 51.2 Å². The Kier molecular flexibility index (Phi) is 7.58. The van der Waals surface area contributed by atoms with Gasteiger partial charge in [-0.3, -0.25) is 4.90 Å². The number of benzene rings is 2. The van der Waals surface area contributed by atoms with E-state index < -0.39 is 6.10 Å². The second-order valence-corrected chi connectivity index (χ2v) is 8.63. The highest BCUT2D eigenvalue weighted by atomic mass is 16.5. The molecule has 32 heavy (non-hydrogen) atoms.